The van der Waals surface area contributed by atoms with Crippen LogP contribution in [-0.4, -0.2) is 69.7 Å². The molecule has 0 spiro atoms. The van der Waals surface area contributed by atoms with Crippen LogP contribution in [0.2, 0.25) is 5.02 Å². The predicted molar refractivity (Wildman–Crippen MR) is 141 cm³/mol. The lowest BCUT2D eigenvalue weighted by Gasteiger charge is -2.18. The summed E-state index contributed by atoms with van der Waals surface area (Å²) in [5, 5.41) is 6.61. The molecule has 38 heavy (non-hydrogen) atoms. The molecule has 0 radical (unpaired) electrons. The Bertz CT molecular complexity index is 1440. The fraction of sp³-hybridized carbons (Fsp3) is 0.308. The van der Waals surface area contributed by atoms with Crippen LogP contribution in [0.3, 0.4) is 0 Å². The molecule has 1 aliphatic rings. The highest BCUT2D eigenvalue weighted by Gasteiger charge is 2.36. The number of ether oxygens (including phenoxy) is 2. The first-order chi connectivity index (χ1) is 18.4. The molecule has 2 aromatic carbocycles. The van der Waals surface area contributed by atoms with Crippen molar-refractivity contribution in [3.05, 3.63) is 66.2 Å². The zero-order valence-corrected chi connectivity index (χ0v) is 21.7. The summed E-state index contributed by atoms with van der Waals surface area (Å²) in [5.41, 5.74) is 0.780. The third kappa shape index (κ3) is 5.48. The molecule has 0 saturated carbocycles. The van der Waals surface area contributed by atoms with Gasteiger partial charge in [0, 0.05) is 49.9 Å². The van der Waals surface area contributed by atoms with Crippen molar-refractivity contribution in [2.24, 2.45) is 0 Å². The van der Waals surface area contributed by atoms with E-state index in [1.54, 1.807) is 43.9 Å². The fourth-order valence-electron chi connectivity index (χ4n) is 4.51. The van der Waals surface area contributed by atoms with Crippen LogP contribution in [0.25, 0.3) is 10.9 Å². The number of methoxy groups -OCH3 is 1. The minimum atomic E-state index is -0.575. The average Bonchev–Trinajstić information content (AvgIpc) is 3.56. The van der Waals surface area contributed by atoms with Crippen LogP contribution in [0.5, 0.6) is 11.5 Å². The molecular weight excluding hydrogens is 513 g/mol. The maximum atomic E-state index is 14.5. The van der Waals surface area contributed by atoms with Gasteiger partial charge in [-0.1, -0.05) is 17.7 Å². The third-order valence-electron chi connectivity index (χ3n) is 6.46. The first-order valence-electron chi connectivity index (χ1n) is 12.1. The summed E-state index contributed by atoms with van der Waals surface area (Å²) in [6.07, 6.45) is 6.92. The highest BCUT2D eigenvalue weighted by Crippen LogP contribution is 2.37. The van der Waals surface area contributed by atoms with E-state index >= 15 is 0 Å². The Kier molecular flexibility index (Phi) is 7.57. The highest BCUT2D eigenvalue weighted by atomic mass is 35.5. The number of hydrogen-bond donors (Lipinski definition) is 2. The number of aromatic nitrogens is 4. The number of carbonyl (C=O) groups is 1. The van der Waals surface area contributed by atoms with Gasteiger partial charge in [0.2, 0.25) is 5.91 Å². The molecule has 0 bridgehead atoms. The van der Waals surface area contributed by atoms with Gasteiger partial charge in [0.1, 0.15) is 18.2 Å². The molecule has 1 amide bonds. The van der Waals surface area contributed by atoms with Crippen molar-refractivity contribution in [3.63, 3.8) is 0 Å². The van der Waals surface area contributed by atoms with Crippen molar-refractivity contribution < 1.29 is 18.7 Å². The number of nitrogens with zero attached hydrogens (tertiary/aromatic N) is 5. The number of rotatable bonds is 9. The van der Waals surface area contributed by atoms with Crippen LogP contribution in [0.1, 0.15) is 6.42 Å². The molecule has 1 aliphatic heterocycles. The summed E-state index contributed by atoms with van der Waals surface area (Å²) < 4.78 is 28.3. The number of hydrogen-bond acceptors (Lipinski definition) is 8. The molecule has 10 nitrogen and oxygen atoms in total. The number of likely N-dealkylation sites (N-methyl/N-ethyl adjacent to an activating group) is 1. The quantitative estimate of drug-likeness (QED) is 0.332. The maximum absolute atomic E-state index is 14.5. The van der Waals surface area contributed by atoms with Gasteiger partial charge in [0.15, 0.2) is 17.3 Å². The molecule has 2 aromatic heterocycles. The van der Waals surface area contributed by atoms with Gasteiger partial charge in [-0.15, -0.1) is 0 Å². The van der Waals surface area contributed by atoms with E-state index in [4.69, 9.17) is 21.1 Å². The van der Waals surface area contributed by atoms with Gasteiger partial charge in [-0.05, 0) is 25.2 Å². The van der Waals surface area contributed by atoms with Crippen LogP contribution in [0.15, 0.2) is 55.4 Å². The largest absolute Gasteiger partial charge is 0.493 e. The lowest BCUT2D eigenvalue weighted by atomic mass is 10.1. The number of amides is 1. The molecule has 4 aromatic rings. The van der Waals surface area contributed by atoms with Gasteiger partial charge in [0.25, 0.3) is 0 Å². The Labute approximate surface area is 223 Å². The first-order valence-corrected chi connectivity index (χ1v) is 12.4. The van der Waals surface area contributed by atoms with E-state index in [-0.39, 0.29) is 28.8 Å². The number of anilines is 2. The molecule has 5 rings (SSSR count). The molecule has 1 fully saturated rings. The van der Waals surface area contributed by atoms with E-state index in [0.717, 1.165) is 0 Å². The summed E-state index contributed by atoms with van der Waals surface area (Å²) in [5.74, 6) is 0.736. The van der Waals surface area contributed by atoms with E-state index in [9.17, 15) is 9.18 Å². The molecule has 0 unspecified atom stereocenters. The Morgan fingerprint density at radius 3 is 2.92 bits per heavy atom. The molecule has 2 atom stereocenters. The molecule has 3 heterocycles. The van der Waals surface area contributed by atoms with Gasteiger partial charge >= 0.3 is 0 Å². The molecule has 12 heteroatoms. The second-order valence-corrected chi connectivity index (χ2v) is 9.40. The van der Waals surface area contributed by atoms with E-state index in [0.29, 0.717) is 54.3 Å². The average molecular weight is 540 g/mol. The van der Waals surface area contributed by atoms with Crippen LogP contribution < -0.4 is 20.1 Å². The topological polar surface area (TPSA) is 106 Å². The number of benzene rings is 2. The lowest BCUT2D eigenvalue weighted by Crippen LogP contribution is -2.42. The number of imidazole rings is 1. The van der Waals surface area contributed by atoms with Gasteiger partial charge in [-0.3, -0.25) is 9.69 Å². The third-order valence-corrected chi connectivity index (χ3v) is 6.75. The van der Waals surface area contributed by atoms with Crippen LogP contribution in [0.4, 0.5) is 15.9 Å². The Hall–Kier alpha value is -3.96. The summed E-state index contributed by atoms with van der Waals surface area (Å²) >= 11 is 5.94. The highest BCUT2D eigenvalue weighted by molar-refractivity contribution is 6.31. The summed E-state index contributed by atoms with van der Waals surface area (Å²) in [6.45, 7) is 1.71. The van der Waals surface area contributed by atoms with Crippen molar-refractivity contribution in [1.29, 1.82) is 0 Å². The molecule has 0 aliphatic carbocycles. The molecular formula is C26H27ClFN7O3. The summed E-state index contributed by atoms with van der Waals surface area (Å²) in [6, 6.07) is 7.88. The lowest BCUT2D eigenvalue weighted by molar-refractivity contribution is -0.125. The molecule has 2 N–H and O–H groups in total. The van der Waals surface area contributed by atoms with Crippen molar-refractivity contribution in [3.8, 4) is 11.5 Å². The SMILES string of the molecule is COc1cc2ncnc(Nc3cccc(Cl)c3F)c2cc1O[C@H]1C[C@H](C(=O)NCCn2ccnc2)N(C)C1. The van der Waals surface area contributed by atoms with Crippen LogP contribution in [0, 0.1) is 5.82 Å². The van der Waals surface area contributed by atoms with Gasteiger partial charge < -0.3 is 24.7 Å². The van der Waals surface area contributed by atoms with E-state index in [1.165, 1.54) is 12.4 Å². The maximum Gasteiger partial charge on any atom is 0.237 e. The number of carbonyl (C=O) groups excluding carboxylic acids is 1. The van der Waals surface area contributed by atoms with E-state index < -0.39 is 5.82 Å². The number of likely N-dealkylation sites (tertiary alicyclic amines) is 1. The fourth-order valence-corrected chi connectivity index (χ4v) is 4.69. The normalized spacial score (nSPS) is 17.5. The monoisotopic (exact) mass is 539 g/mol. The van der Waals surface area contributed by atoms with Crippen LogP contribution in [-0.2, 0) is 11.3 Å². The Morgan fingerprint density at radius 1 is 1.26 bits per heavy atom. The first kappa shape index (κ1) is 25.7. The second kappa shape index (κ2) is 11.2. The molecule has 198 valence electrons. The Balaban J connectivity index is 1.32. The van der Waals surface area contributed by atoms with Gasteiger partial charge in [0.05, 0.1) is 35.7 Å². The summed E-state index contributed by atoms with van der Waals surface area (Å²) in [7, 11) is 3.45. The van der Waals surface area contributed by atoms with Crippen LogP contribution >= 0.6 is 11.6 Å². The number of halogens is 2. The zero-order chi connectivity index (χ0) is 26.6. The van der Waals surface area contributed by atoms with E-state index in [2.05, 4.69) is 25.6 Å². The number of nitrogens with one attached hydrogen (secondary N) is 2. The standard InChI is InChI=1S/C26H27ClFN7O3/c1-34-13-16(10-21(34)26(36)30-7-9-35-8-6-29-15-35)38-23-11-17-20(12-22(23)37-2)31-14-32-25(17)33-19-5-3-4-18(27)24(19)28/h3-6,8,11-12,14-16,21H,7,9-10,13H2,1-2H3,(H,30,36)(H,31,32,33)/t16-,21+/m0/s1. The van der Waals surface area contributed by atoms with Gasteiger partial charge in [-0.2, -0.15) is 0 Å². The van der Waals surface area contributed by atoms with E-state index in [1.807, 2.05) is 22.7 Å². The van der Waals surface area contributed by atoms with Crippen molar-refractivity contribution >= 4 is 39.9 Å². The van der Waals surface area contributed by atoms with Gasteiger partial charge in [-0.25, -0.2) is 19.3 Å². The predicted octanol–water partition coefficient (Wildman–Crippen LogP) is 3.64. The number of fused-ring (bicyclic) bond motifs is 1. The minimum Gasteiger partial charge on any atom is -0.493 e. The summed E-state index contributed by atoms with van der Waals surface area (Å²) in [4.78, 5) is 27.4. The smallest absolute Gasteiger partial charge is 0.237 e. The van der Waals surface area contributed by atoms with Crippen molar-refractivity contribution in [1.82, 2.24) is 29.7 Å². The Morgan fingerprint density at radius 2 is 2.13 bits per heavy atom. The van der Waals surface area contributed by atoms with Crippen molar-refractivity contribution in [2.75, 3.05) is 32.6 Å². The minimum absolute atomic E-state index is 0.00438. The zero-order valence-electron chi connectivity index (χ0n) is 20.9. The van der Waals surface area contributed by atoms with Crippen molar-refractivity contribution in [2.45, 2.75) is 25.1 Å². The second-order valence-electron chi connectivity index (χ2n) is 8.99. The molecule has 1 saturated heterocycles.